The van der Waals surface area contributed by atoms with E-state index in [2.05, 4.69) is 65.6 Å². The smallest absolute Gasteiger partial charge is 0.191 e. The van der Waals surface area contributed by atoms with Gasteiger partial charge in [-0.3, -0.25) is 9.89 Å². The number of benzene rings is 1. The fourth-order valence-electron chi connectivity index (χ4n) is 3.94. The zero-order chi connectivity index (χ0) is 18.9. The number of rotatable bonds is 7. The van der Waals surface area contributed by atoms with E-state index in [0.29, 0.717) is 6.61 Å². The van der Waals surface area contributed by atoms with Crippen molar-refractivity contribution < 1.29 is 4.74 Å². The van der Waals surface area contributed by atoms with Gasteiger partial charge < -0.3 is 15.4 Å². The van der Waals surface area contributed by atoms with Crippen LogP contribution in [0.5, 0.6) is 0 Å². The molecule has 154 valence electrons. The first kappa shape index (κ1) is 24.2. The molecule has 0 saturated carbocycles. The number of ether oxygens (including phenoxy) is 1. The van der Waals surface area contributed by atoms with Crippen molar-refractivity contribution in [1.29, 1.82) is 0 Å². The Labute approximate surface area is 182 Å². The highest BCUT2D eigenvalue weighted by molar-refractivity contribution is 14.0. The number of halogens is 1. The van der Waals surface area contributed by atoms with E-state index in [9.17, 15) is 0 Å². The van der Waals surface area contributed by atoms with E-state index in [1.807, 2.05) is 0 Å². The highest BCUT2D eigenvalue weighted by atomic mass is 127. The second kappa shape index (κ2) is 12.6. The molecule has 2 N–H and O–H groups in total. The van der Waals surface area contributed by atoms with Gasteiger partial charge in [0.1, 0.15) is 0 Å². The maximum atomic E-state index is 5.18. The van der Waals surface area contributed by atoms with Gasteiger partial charge in [-0.05, 0) is 36.3 Å². The lowest BCUT2D eigenvalue weighted by Crippen LogP contribution is -2.43. The summed E-state index contributed by atoms with van der Waals surface area (Å²) in [5.41, 5.74) is 2.74. The normalized spacial score (nSPS) is 22.0. The fourth-order valence-corrected chi connectivity index (χ4v) is 3.94. The molecule has 0 amide bonds. The molecular formula is C21H37IN4O. The molecule has 1 aromatic rings. The molecule has 1 saturated heterocycles. The maximum Gasteiger partial charge on any atom is 0.191 e. The third-order valence-electron chi connectivity index (χ3n) is 4.93. The van der Waals surface area contributed by atoms with E-state index in [4.69, 9.17) is 4.74 Å². The van der Waals surface area contributed by atoms with E-state index in [1.54, 1.807) is 14.2 Å². The highest BCUT2D eigenvalue weighted by Crippen LogP contribution is 2.23. The molecule has 3 unspecified atom stereocenters. The zero-order valence-electron chi connectivity index (χ0n) is 17.5. The molecule has 0 aromatic heterocycles. The van der Waals surface area contributed by atoms with Crippen LogP contribution in [0.3, 0.4) is 0 Å². The van der Waals surface area contributed by atoms with Gasteiger partial charge in [-0.25, -0.2) is 0 Å². The van der Waals surface area contributed by atoms with Crippen LogP contribution in [0.4, 0.5) is 0 Å². The summed E-state index contributed by atoms with van der Waals surface area (Å²) in [7, 11) is 3.52. The Kier molecular flexibility index (Phi) is 11.3. The number of nitrogens with one attached hydrogen (secondary N) is 2. The van der Waals surface area contributed by atoms with Crippen molar-refractivity contribution in [2.75, 3.05) is 33.9 Å². The van der Waals surface area contributed by atoms with E-state index in [0.717, 1.165) is 30.9 Å². The Bertz CT molecular complexity index is 571. The van der Waals surface area contributed by atoms with Crippen LogP contribution in [0.1, 0.15) is 38.3 Å². The van der Waals surface area contributed by atoms with Crippen molar-refractivity contribution in [3.05, 3.63) is 35.4 Å². The number of guanidine groups is 1. The van der Waals surface area contributed by atoms with Gasteiger partial charge in [0.15, 0.2) is 5.96 Å². The van der Waals surface area contributed by atoms with Crippen molar-refractivity contribution >= 4 is 29.9 Å². The van der Waals surface area contributed by atoms with Crippen molar-refractivity contribution in [3.8, 4) is 0 Å². The lowest BCUT2D eigenvalue weighted by Gasteiger charge is -2.35. The first-order chi connectivity index (χ1) is 12.5. The lowest BCUT2D eigenvalue weighted by atomic mass is 9.91. The van der Waals surface area contributed by atoms with Crippen molar-refractivity contribution in [1.82, 2.24) is 15.5 Å². The first-order valence-corrected chi connectivity index (χ1v) is 9.77. The van der Waals surface area contributed by atoms with E-state index < -0.39 is 0 Å². The van der Waals surface area contributed by atoms with Crippen LogP contribution in [0, 0.1) is 11.8 Å². The summed E-state index contributed by atoms with van der Waals surface area (Å²) in [4.78, 5) is 6.92. The van der Waals surface area contributed by atoms with Crippen LogP contribution in [-0.4, -0.2) is 50.8 Å². The Morgan fingerprint density at radius 3 is 2.44 bits per heavy atom. The zero-order valence-corrected chi connectivity index (χ0v) is 19.8. The molecule has 1 fully saturated rings. The minimum atomic E-state index is 0. The molecule has 0 spiro atoms. The summed E-state index contributed by atoms with van der Waals surface area (Å²) in [6, 6.07) is 8.95. The Balaban J connectivity index is 0.00000364. The molecule has 27 heavy (non-hydrogen) atoms. The molecule has 6 heteroatoms. The molecule has 1 aromatic carbocycles. The summed E-state index contributed by atoms with van der Waals surface area (Å²) in [6.07, 6.45) is 1.35. The minimum absolute atomic E-state index is 0. The first-order valence-electron chi connectivity index (χ1n) is 9.77. The minimum Gasteiger partial charge on any atom is -0.383 e. The molecule has 1 aliphatic rings. The SMILES string of the molecule is CN=C(NCc1ccccc1CN1CC(C)CC(C)C1)NC(C)COC.I. The molecule has 1 aliphatic heterocycles. The van der Waals surface area contributed by atoms with Crippen LogP contribution in [0.2, 0.25) is 0 Å². The third kappa shape index (κ3) is 8.35. The molecule has 0 aliphatic carbocycles. The molecular weight excluding hydrogens is 451 g/mol. The van der Waals surface area contributed by atoms with Crippen LogP contribution in [0.15, 0.2) is 29.3 Å². The topological polar surface area (TPSA) is 48.9 Å². The average molecular weight is 488 g/mol. The summed E-state index contributed by atoms with van der Waals surface area (Å²) in [5.74, 6) is 2.38. The van der Waals surface area contributed by atoms with E-state index in [1.165, 1.54) is 30.6 Å². The second-order valence-corrected chi connectivity index (χ2v) is 7.84. The monoisotopic (exact) mass is 488 g/mol. The predicted octanol–water partition coefficient (Wildman–Crippen LogP) is 3.48. The average Bonchev–Trinajstić information content (AvgIpc) is 2.59. The summed E-state index contributed by atoms with van der Waals surface area (Å²) >= 11 is 0. The second-order valence-electron chi connectivity index (χ2n) is 7.84. The Morgan fingerprint density at radius 2 is 1.85 bits per heavy atom. The van der Waals surface area contributed by atoms with E-state index in [-0.39, 0.29) is 30.0 Å². The van der Waals surface area contributed by atoms with Crippen LogP contribution in [0.25, 0.3) is 0 Å². The Morgan fingerprint density at radius 1 is 1.22 bits per heavy atom. The van der Waals surface area contributed by atoms with Crippen molar-refractivity contribution in [2.45, 2.75) is 46.3 Å². The third-order valence-corrected chi connectivity index (χ3v) is 4.93. The summed E-state index contributed by atoms with van der Waals surface area (Å²) in [5, 5.41) is 6.79. The number of piperidine rings is 1. The standard InChI is InChI=1S/C21H36N4O.HI/c1-16-10-17(2)13-25(12-16)14-20-9-7-6-8-19(20)11-23-21(22-4)24-18(3)15-26-5;/h6-9,16-18H,10-15H2,1-5H3,(H2,22,23,24);1H. The van der Waals surface area contributed by atoms with Crippen LogP contribution in [-0.2, 0) is 17.8 Å². The van der Waals surface area contributed by atoms with E-state index >= 15 is 0 Å². The molecule has 1 heterocycles. The predicted molar refractivity (Wildman–Crippen MR) is 125 cm³/mol. The van der Waals surface area contributed by atoms with Crippen molar-refractivity contribution in [3.63, 3.8) is 0 Å². The van der Waals surface area contributed by atoms with Gasteiger partial charge >= 0.3 is 0 Å². The largest absolute Gasteiger partial charge is 0.383 e. The van der Waals surface area contributed by atoms with Crippen LogP contribution >= 0.6 is 24.0 Å². The number of hydrogen-bond acceptors (Lipinski definition) is 3. The molecule has 0 bridgehead atoms. The van der Waals surface area contributed by atoms with Gasteiger partial charge in [0.25, 0.3) is 0 Å². The van der Waals surface area contributed by atoms with Gasteiger partial charge in [-0.2, -0.15) is 0 Å². The maximum absolute atomic E-state index is 5.18. The highest BCUT2D eigenvalue weighted by Gasteiger charge is 2.22. The molecule has 3 atom stereocenters. The number of nitrogens with zero attached hydrogens (tertiary/aromatic N) is 2. The Hall–Kier alpha value is -0.860. The van der Waals surface area contributed by atoms with Gasteiger partial charge in [-0.1, -0.05) is 38.1 Å². The molecule has 0 radical (unpaired) electrons. The van der Waals surface area contributed by atoms with Gasteiger partial charge in [0, 0.05) is 46.4 Å². The van der Waals surface area contributed by atoms with Gasteiger partial charge in [0.2, 0.25) is 0 Å². The molecule has 2 rings (SSSR count). The number of hydrogen-bond donors (Lipinski definition) is 2. The van der Waals surface area contributed by atoms with Gasteiger partial charge in [-0.15, -0.1) is 24.0 Å². The number of aliphatic imine (C=N–C) groups is 1. The number of methoxy groups -OCH3 is 1. The van der Waals surface area contributed by atoms with Gasteiger partial charge in [0.05, 0.1) is 6.61 Å². The number of likely N-dealkylation sites (tertiary alicyclic amines) is 1. The summed E-state index contributed by atoms with van der Waals surface area (Å²) < 4.78 is 5.18. The molecule has 5 nitrogen and oxygen atoms in total. The van der Waals surface area contributed by atoms with Crippen molar-refractivity contribution in [2.24, 2.45) is 16.8 Å². The summed E-state index contributed by atoms with van der Waals surface area (Å²) in [6.45, 7) is 11.7. The van der Waals surface area contributed by atoms with Crippen LogP contribution < -0.4 is 10.6 Å². The lowest BCUT2D eigenvalue weighted by molar-refractivity contribution is 0.134. The quantitative estimate of drug-likeness (QED) is 0.351. The fraction of sp³-hybridized carbons (Fsp3) is 0.667.